The molecule has 0 atom stereocenters. The standard InChI is InChI=1S/C16H20N2O4S/c1-2-10-18-13(20)11(12(19)17-15(18)23)6-9-16(14(21)22)7-4-3-5-8-16/h2,6H,1,3-5,7-10H2,(H,21,22)(H,17,19,23)/b11-6-. The molecular formula is C16H20N2O4S. The molecular weight excluding hydrogens is 316 g/mol. The van der Waals surface area contributed by atoms with Crippen molar-refractivity contribution in [1.82, 2.24) is 10.2 Å². The van der Waals surface area contributed by atoms with E-state index in [2.05, 4.69) is 11.9 Å². The Morgan fingerprint density at radius 3 is 2.57 bits per heavy atom. The van der Waals surface area contributed by atoms with Gasteiger partial charge < -0.3 is 5.11 Å². The summed E-state index contributed by atoms with van der Waals surface area (Å²) < 4.78 is 0. The molecule has 1 saturated carbocycles. The lowest BCUT2D eigenvalue weighted by atomic mass is 9.71. The second kappa shape index (κ2) is 7.04. The molecule has 7 heteroatoms. The van der Waals surface area contributed by atoms with Gasteiger partial charge >= 0.3 is 5.97 Å². The number of carboxylic acids is 1. The Kier molecular flexibility index (Phi) is 5.30. The molecule has 124 valence electrons. The van der Waals surface area contributed by atoms with Crippen molar-refractivity contribution in [3.05, 3.63) is 24.3 Å². The largest absolute Gasteiger partial charge is 0.481 e. The van der Waals surface area contributed by atoms with Crippen LogP contribution in [-0.2, 0) is 14.4 Å². The van der Waals surface area contributed by atoms with Gasteiger partial charge in [-0.25, -0.2) is 0 Å². The van der Waals surface area contributed by atoms with Crippen LogP contribution in [0.25, 0.3) is 0 Å². The molecule has 1 aliphatic heterocycles. The number of nitrogens with zero attached hydrogens (tertiary/aromatic N) is 1. The first kappa shape index (κ1) is 17.3. The number of thiocarbonyl (C=S) groups is 1. The van der Waals surface area contributed by atoms with Crippen LogP contribution in [0, 0.1) is 5.41 Å². The predicted molar refractivity (Wildman–Crippen MR) is 88.5 cm³/mol. The van der Waals surface area contributed by atoms with Gasteiger partial charge in [-0.3, -0.25) is 24.6 Å². The lowest BCUT2D eigenvalue weighted by Crippen LogP contribution is -2.54. The molecule has 1 saturated heterocycles. The van der Waals surface area contributed by atoms with Crippen LogP contribution < -0.4 is 5.32 Å². The minimum Gasteiger partial charge on any atom is -0.481 e. The third kappa shape index (κ3) is 3.50. The van der Waals surface area contributed by atoms with Gasteiger partial charge in [-0.1, -0.05) is 31.4 Å². The number of allylic oxidation sites excluding steroid dienone is 1. The summed E-state index contributed by atoms with van der Waals surface area (Å²) in [6.45, 7) is 3.75. The van der Waals surface area contributed by atoms with Crippen molar-refractivity contribution in [3.63, 3.8) is 0 Å². The number of carboxylic acid groups (broad SMARTS) is 1. The second-order valence-corrected chi connectivity index (χ2v) is 6.32. The van der Waals surface area contributed by atoms with Crippen LogP contribution in [0.1, 0.15) is 38.5 Å². The summed E-state index contributed by atoms with van der Waals surface area (Å²) in [7, 11) is 0. The van der Waals surface area contributed by atoms with Crippen LogP contribution in [0.3, 0.4) is 0 Å². The molecule has 1 aliphatic carbocycles. The first-order chi connectivity index (χ1) is 10.9. The molecule has 2 rings (SSSR count). The fourth-order valence-corrected chi connectivity index (χ4v) is 3.32. The number of hydrogen-bond acceptors (Lipinski definition) is 4. The van der Waals surface area contributed by atoms with Crippen molar-refractivity contribution in [2.24, 2.45) is 5.41 Å². The maximum Gasteiger partial charge on any atom is 0.309 e. The second-order valence-electron chi connectivity index (χ2n) is 5.93. The lowest BCUT2D eigenvalue weighted by Gasteiger charge is -2.33. The number of aliphatic carboxylic acids is 1. The number of nitrogens with one attached hydrogen (secondary N) is 1. The van der Waals surface area contributed by atoms with Gasteiger partial charge in [0.05, 0.1) is 5.41 Å². The smallest absolute Gasteiger partial charge is 0.309 e. The Morgan fingerprint density at radius 2 is 2.00 bits per heavy atom. The number of amides is 2. The molecule has 2 amide bonds. The van der Waals surface area contributed by atoms with Crippen molar-refractivity contribution in [2.45, 2.75) is 38.5 Å². The molecule has 0 bridgehead atoms. The molecule has 0 aromatic carbocycles. The Hall–Kier alpha value is -2.02. The van der Waals surface area contributed by atoms with Gasteiger partial charge in [-0.05, 0) is 31.5 Å². The molecule has 23 heavy (non-hydrogen) atoms. The number of carbonyl (C=O) groups is 3. The predicted octanol–water partition coefficient (Wildman–Crippen LogP) is 1.77. The van der Waals surface area contributed by atoms with Crippen molar-refractivity contribution in [1.29, 1.82) is 0 Å². The molecule has 0 aromatic rings. The van der Waals surface area contributed by atoms with Crippen LogP contribution >= 0.6 is 12.2 Å². The average molecular weight is 336 g/mol. The number of rotatable bonds is 5. The highest BCUT2D eigenvalue weighted by molar-refractivity contribution is 7.80. The maximum absolute atomic E-state index is 12.4. The average Bonchev–Trinajstić information content (AvgIpc) is 2.52. The van der Waals surface area contributed by atoms with Crippen LogP contribution in [0.4, 0.5) is 0 Å². The molecule has 0 unspecified atom stereocenters. The van der Waals surface area contributed by atoms with Crippen LogP contribution in [0.5, 0.6) is 0 Å². The third-order valence-electron chi connectivity index (χ3n) is 4.46. The molecule has 2 fully saturated rings. The maximum atomic E-state index is 12.4. The highest BCUT2D eigenvalue weighted by Crippen LogP contribution is 2.40. The van der Waals surface area contributed by atoms with E-state index in [1.54, 1.807) is 0 Å². The highest BCUT2D eigenvalue weighted by Gasteiger charge is 2.40. The number of carbonyl (C=O) groups excluding carboxylic acids is 2. The summed E-state index contributed by atoms with van der Waals surface area (Å²) in [5, 5.41) is 12.1. The Bertz CT molecular complexity index is 591. The Morgan fingerprint density at radius 1 is 1.35 bits per heavy atom. The van der Waals surface area contributed by atoms with Crippen molar-refractivity contribution < 1.29 is 19.5 Å². The summed E-state index contributed by atoms with van der Waals surface area (Å²) in [6, 6.07) is 0. The topological polar surface area (TPSA) is 86.7 Å². The summed E-state index contributed by atoms with van der Waals surface area (Å²) in [6.07, 6.45) is 6.99. The Labute approximate surface area is 140 Å². The first-order valence-corrected chi connectivity index (χ1v) is 8.04. The normalized spacial score (nSPS) is 22.9. The fraction of sp³-hybridized carbons (Fsp3) is 0.500. The minimum atomic E-state index is -0.882. The quantitative estimate of drug-likeness (QED) is 0.346. The SMILES string of the molecule is C=CCN1C(=O)/C(=C\CC2(C(=O)O)CCCCC2)C(=O)NC1=S. The summed E-state index contributed by atoms with van der Waals surface area (Å²) >= 11 is 4.98. The zero-order valence-corrected chi connectivity index (χ0v) is 13.7. The van der Waals surface area contributed by atoms with E-state index in [9.17, 15) is 19.5 Å². The van der Waals surface area contributed by atoms with E-state index in [0.717, 1.165) is 19.3 Å². The first-order valence-electron chi connectivity index (χ1n) is 7.63. The molecule has 0 radical (unpaired) electrons. The summed E-state index contributed by atoms with van der Waals surface area (Å²) in [5.74, 6) is -1.94. The molecule has 2 aliphatic rings. The summed E-state index contributed by atoms with van der Waals surface area (Å²) in [4.78, 5) is 37.3. The van der Waals surface area contributed by atoms with E-state index in [1.165, 1.54) is 17.1 Å². The van der Waals surface area contributed by atoms with Crippen molar-refractivity contribution in [2.75, 3.05) is 6.54 Å². The van der Waals surface area contributed by atoms with E-state index in [0.29, 0.717) is 12.8 Å². The third-order valence-corrected chi connectivity index (χ3v) is 4.78. The van der Waals surface area contributed by atoms with Gasteiger partial charge in [0.25, 0.3) is 11.8 Å². The fourth-order valence-electron chi connectivity index (χ4n) is 3.07. The van der Waals surface area contributed by atoms with Gasteiger partial charge in [0.2, 0.25) is 0 Å². The molecule has 0 aromatic heterocycles. The van der Waals surface area contributed by atoms with Crippen molar-refractivity contribution >= 4 is 35.1 Å². The lowest BCUT2D eigenvalue weighted by molar-refractivity contribution is -0.151. The van der Waals surface area contributed by atoms with Crippen LogP contribution in [-0.4, -0.2) is 39.4 Å². The molecule has 6 nitrogen and oxygen atoms in total. The molecule has 0 spiro atoms. The molecule has 1 heterocycles. The van der Waals surface area contributed by atoms with Gasteiger partial charge in [0.1, 0.15) is 5.57 Å². The van der Waals surface area contributed by atoms with E-state index >= 15 is 0 Å². The monoisotopic (exact) mass is 336 g/mol. The molecule has 2 N–H and O–H groups in total. The van der Waals surface area contributed by atoms with E-state index in [-0.39, 0.29) is 23.7 Å². The minimum absolute atomic E-state index is 0.0441. The Balaban J connectivity index is 2.24. The zero-order chi connectivity index (χ0) is 17.0. The number of hydrogen-bond donors (Lipinski definition) is 2. The van der Waals surface area contributed by atoms with Crippen molar-refractivity contribution in [3.8, 4) is 0 Å². The zero-order valence-electron chi connectivity index (χ0n) is 12.8. The van der Waals surface area contributed by atoms with Gasteiger partial charge in [0, 0.05) is 6.54 Å². The van der Waals surface area contributed by atoms with E-state index in [1.807, 2.05) is 0 Å². The highest BCUT2D eigenvalue weighted by atomic mass is 32.1. The van der Waals surface area contributed by atoms with Crippen LogP contribution in [0.2, 0.25) is 0 Å². The summed E-state index contributed by atoms with van der Waals surface area (Å²) in [5.41, 5.74) is -0.931. The van der Waals surface area contributed by atoms with Gasteiger partial charge in [0.15, 0.2) is 5.11 Å². The van der Waals surface area contributed by atoms with Crippen LogP contribution in [0.15, 0.2) is 24.3 Å². The van der Waals surface area contributed by atoms with E-state index < -0.39 is 23.2 Å². The van der Waals surface area contributed by atoms with Gasteiger partial charge in [-0.2, -0.15) is 0 Å². The van der Waals surface area contributed by atoms with Gasteiger partial charge in [-0.15, -0.1) is 6.58 Å². The van der Waals surface area contributed by atoms with E-state index in [4.69, 9.17) is 12.2 Å².